The predicted octanol–water partition coefficient (Wildman–Crippen LogP) is 2.19. The first kappa shape index (κ1) is 20.3. The first-order valence-corrected chi connectivity index (χ1v) is 10.7. The Morgan fingerprint density at radius 3 is 2.07 bits per heavy atom. The zero-order valence-corrected chi connectivity index (χ0v) is 17.0. The maximum Gasteiger partial charge on any atom is 0.261 e. The van der Waals surface area contributed by atoms with Gasteiger partial charge in [0.1, 0.15) is 0 Å². The van der Waals surface area contributed by atoms with Crippen LogP contribution in [-0.2, 0) is 21.4 Å². The van der Waals surface area contributed by atoms with Crippen LogP contribution in [0.4, 0.5) is 11.4 Å². The van der Waals surface area contributed by atoms with Gasteiger partial charge in [-0.2, -0.15) is 0 Å². The van der Waals surface area contributed by atoms with Crippen LogP contribution in [0.15, 0.2) is 53.4 Å². The highest BCUT2D eigenvalue weighted by atomic mass is 32.2. The Morgan fingerprint density at radius 2 is 1.50 bits per heavy atom. The van der Waals surface area contributed by atoms with Crippen molar-refractivity contribution in [2.45, 2.75) is 18.4 Å². The Kier molecular flexibility index (Phi) is 6.33. The third-order valence-corrected chi connectivity index (χ3v) is 6.09. The molecule has 0 aromatic heterocycles. The summed E-state index contributed by atoms with van der Waals surface area (Å²) in [6, 6.07) is 13.5. The van der Waals surface area contributed by atoms with Crippen molar-refractivity contribution in [2.24, 2.45) is 0 Å². The van der Waals surface area contributed by atoms with Crippen LogP contribution < -0.4 is 10.0 Å². The second-order valence-corrected chi connectivity index (χ2v) is 8.77. The van der Waals surface area contributed by atoms with Crippen LogP contribution >= 0.6 is 0 Å². The molecule has 2 aromatic rings. The number of anilines is 2. The van der Waals surface area contributed by atoms with Crippen LogP contribution in [0.2, 0.25) is 0 Å². The Labute approximate surface area is 166 Å². The van der Waals surface area contributed by atoms with Gasteiger partial charge in [0.25, 0.3) is 10.0 Å². The molecule has 0 bridgehead atoms. The second kappa shape index (κ2) is 8.72. The average Bonchev–Trinajstić information content (AvgIpc) is 2.65. The Bertz CT molecular complexity index is 903. The van der Waals surface area contributed by atoms with Crippen molar-refractivity contribution in [1.29, 1.82) is 0 Å². The molecule has 0 aliphatic carbocycles. The standard InChI is InChI=1S/C20H26N4O3S/c1-16(25)21-18-7-9-20(10-8-18)28(26,27)22-19-5-3-17(4-6-19)15-24-13-11-23(2)12-14-24/h3-10,22H,11-15H2,1-2H3,(H,21,25). The molecule has 0 unspecified atom stereocenters. The molecule has 2 aromatic carbocycles. The van der Waals surface area contributed by atoms with Crippen LogP contribution in [-0.4, -0.2) is 57.4 Å². The fourth-order valence-corrected chi connectivity index (χ4v) is 4.14. The summed E-state index contributed by atoms with van der Waals surface area (Å²) < 4.78 is 27.7. The topological polar surface area (TPSA) is 81.7 Å². The van der Waals surface area contributed by atoms with Crippen molar-refractivity contribution >= 4 is 27.3 Å². The summed E-state index contributed by atoms with van der Waals surface area (Å²) in [5.74, 6) is -0.203. The molecule has 1 saturated heterocycles. The molecule has 0 saturated carbocycles. The van der Waals surface area contributed by atoms with E-state index in [1.807, 2.05) is 12.1 Å². The lowest BCUT2D eigenvalue weighted by Gasteiger charge is -2.32. The van der Waals surface area contributed by atoms with Crippen molar-refractivity contribution < 1.29 is 13.2 Å². The zero-order chi connectivity index (χ0) is 20.1. The number of hydrogen-bond donors (Lipinski definition) is 2. The molecule has 8 heteroatoms. The van der Waals surface area contributed by atoms with Crippen LogP contribution in [0.25, 0.3) is 0 Å². The minimum Gasteiger partial charge on any atom is -0.326 e. The van der Waals surface area contributed by atoms with E-state index in [4.69, 9.17) is 0 Å². The summed E-state index contributed by atoms with van der Waals surface area (Å²) in [6.45, 7) is 6.49. The molecule has 1 amide bonds. The van der Waals surface area contributed by atoms with E-state index in [0.717, 1.165) is 38.3 Å². The van der Waals surface area contributed by atoms with E-state index in [9.17, 15) is 13.2 Å². The number of amides is 1. The van der Waals surface area contributed by atoms with E-state index in [1.165, 1.54) is 19.1 Å². The van der Waals surface area contributed by atoms with E-state index in [0.29, 0.717) is 11.4 Å². The molecule has 2 N–H and O–H groups in total. The summed E-state index contributed by atoms with van der Waals surface area (Å²) >= 11 is 0. The normalized spacial score (nSPS) is 15.9. The number of nitrogens with one attached hydrogen (secondary N) is 2. The third kappa shape index (κ3) is 5.54. The number of likely N-dealkylation sites (N-methyl/N-ethyl adjacent to an activating group) is 1. The van der Waals surface area contributed by atoms with Crippen molar-refractivity contribution in [3.05, 3.63) is 54.1 Å². The lowest BCUT2D eigenvalue weighted by atomic mass is 10.2. The number of benzene rings is 2. The van der Waals surface area contributed by atoms with Crippen LogP contribution in [0, 0.1) is 0 Å². The van der Waals surface area contributed by atoms with Gasteiger partial charge >= 0.3 is 0 Å². The SMILES string of the molecule is CC(=O)Nc1ccc(S(=O)(=O)Nc2ccc(CN3CCN(C)CC3)cc2)cc1. The lowest BCUT2D eigenvalue weighted by Crippen LogP contribution is -2.43. The Hall–Kier alpha value is -2.42. The summed E-state index contributed by atoms with van der Waals surface area (Å²) in [6.07, 6.45) is 0. The molecule has 7 nitrogen and oxygen atoms in total. The van der Waals surface area contributed by atoms with E-state index in [1.54, 1.807) is 24.3 Å². The first-order chi connectivity index (χ1) is 13.3. The average molecular weight is 403 g/mol. The highest BCUT2D eigenvalue weighted by molar-refractivity contribution is 7.92. The lowest BCUT2D eigenvalue weighted by molar-refractivity contribution is -0.114. The molecule has 3 rings (SSSR count). The van der Waals surface area contributed by atoms with Gasteiger partial charge in [0.15, 0.2) is 0 Å². The van der Waals surface area contributed by atoms with E-state index < -0.39 is 10.0 Å². The van der Waals surface area contributed by atoms with Gasteiger partial charge in [-0.15, -0.1) is 0 Å². The molecule has 0 radical (unpaired) electrons. The molecule has 1 aliphatic rings. The van der Waals surface area contributed by atoms with Gasteiger partial charge in [0.05, 0.1) is 4.90 Å². The summed E-state index contributed by atoms with van der Waals surface area (Å²) in [7, 11) is -1.55. The molecule has 28 heavy (non-hydrogen) atoms. The van der Waals surface area contributed by atoms with Gasteiger partial charge in [-0.05, 0) is 49.0 Å². The molecular formula is C20H26N4O3S. The van der Waals surface area contributed by atoms with Crippen molar-refractivity contribution in [2.75, 3.05) is 43.3 Å². The Balaban J connectivity index is 1.61. The van der Waals surface area contributed by atoms with Gasteiger partial charge in [0, 0.05) is 51.0 Å². The van der Waals surface area contributed by atoms with Crippen molar-refractivity contribution in [1.82, 2.24) is 9.80 Å². The van der Waals surface area contributed by atoms with Gasteiger partial charge in [0.2, 0.25) is 5.91 Å². The quantitative estimate of drug-likeness (QED) is 0.774. The maximum atomic E-state index is 12.6. The number of nitrogens with zero attached hydrogens (tertiary/aromatic N) is 2. The summed E-state index contributed by atoms with van der Waals surface area (Å²) in [5.41, 5.74) is 2.24. The number of piperazine rings is 1. The highest BCUT2D eigenvalue weighted by Gasteiger charge is 2.16. The van der Waals surface area contributed by atoms with Gasteiger partial charge in [-0.3, -0.25) is 14.4 Å². The van der Waals surface area contributed by atoms with E-state index >= 15 is 0 Å². The predicted molar refractivity (Wildman–Crippen MR) is 111 cm³/mol. The fourth-order valence-electron chi connectivity index (χ4n) is 3.08. The smallest absolute Gasteiger partial charge is 0.261 e. The fraction of sp³-hybridized carbons (Fsp3) is 0.350. The molecule has 150 valence electrons. The number of sulfonamides is 1. The molecule has 1 heterocycles. The van der Waals surface area contributed by atoms with Gasteiger partial charge in [-0.1, -0.05) is 12.1 Å². The molecule has 0 spiro atoms. The highest BCUT2D eigenvalue weighted by Crippen LogP contribution is 2.19. The number of carbonyl (C=O) groups is 1. The van der Waals surface area contributed by atoms with Crippen LogP contribution in [0.1, 0.15) is 12.5 Å². The minimum atomic E-state index is -3.68. The third-order valence-electron chi connectivity index (χ3n) is 4.69. The van der Waals surface area contributed by atoms with Crippen molar-refractivity contribution in [3.8, 4) is 0 Å². The largest absolute Gasteiger partial charge is 0.326 e. The van der Waals surface area contributed by atoms with Gasteiger partial charge in [-0.25, -0.2) is 8.42 Å². The molecular weight excluding hydrogens is 376 g/mol. The number of hydrogen-bond acceptors (Lipinski definition) is 5. The maximum absolute atomic E-state index is 12.6. The minimum absolute atomic E-state index is 0.142. The summed E-state index contributed by atoms with van der Waals surface area (Å²) in [4.78, 5) is 15.9. The Morgan fingerprint density at radius 1 is 0.929 bits per heavy atom. The van der Waals surface area contributed by atoms with Crippen LogP contribution in [0.5, 0.6) is 0 Å². The number of rotatable bonds is 6. The second-order valence-electron chi connectivity index (χ2n) is 7.09. The molecule has 1 aliphatic heterocycles. The summed E-state index contributed by atoms with van der Waals surface area (Å²) in [5, 5.41) is 2.61. The molecule has 0 atom stereocenters. The van der Waals surface area contributed by atoms with E-state index in [2.05, 4.69) is 26.9 Å². The first-order valence-electron chi connectivity index (χ1n) is 9.22. The number of carbonyl (C=O) groups excluding carboxylic acids is 1. The van der Waals surface area contributed by atoms with Crippen molar-refractivity contribution in [3.63, 3.8) is 0 Å². The van der Waals surface area contributed by atoms with E-state index in [-0.39, 0.29) is 10.8 Å². The van der Waals surface area contributed by atoms with Crippen LogP contribution in [0.3, 0.4) is 0 Å². The monoisotopic (exact) mass is 402 g/mol. The molecule has 1 fully saturated rings. The zero-order valence-electron chi connectivity index (χ0n) is 16.2. The van der Waals surface area contributed by atoms with Gasteiger partial charge < -0.3 is 10.2 Å².